The quantitative estimate of drug-likeness (QED) is 0.182. The Bertz CT molecular complexity index is 343. The molecule has 0 amide bonds. The molecule has 1 saturated heterocycles. The van der Waals surface area contributed by atoms with E-state index >= 15 is 0 Å². The van der Waals surface area contributed by atoms with Crippen molar-refractivity contribution in [2.45, 2.75) is 18.9 Å². The maximum atomic E-state index is 11.1. The minimum Gasteiger partial charge on any atom is -0.465 e. The SMILES string of the molecule is COC(=O)/C(C=O)=C/C=C\N(C)C1CCCOC1. The summed E-state index contributed by atoms with van der Waals surface area (Å²) in [5.74, 6) is -0.627. The molecule has 100 valence electrons. The van der Waals surface area contributed by atoms with Crippen LogP contribution >= 0.6 is 0 Å². The molecule has 1 aliphatic heterocycles. The molecule has 1 heterocycles. The largest absolute Gasteiger partial charge is 0.465 e. The lowest BCUT2D eigenvalue weighted by Crippen LogP contribution is -2.35. The molecule has 18 heavy (non-hydrogen) atoms. The van der Waals surface area contributed by atoms with Crippen LogP contribution in [0.1, 0.15) is 12.8 Å². The molecule has 0 spiro atoms. The molecule has 0 aliphatic carbocycles. The Morgan fingerprint density at radius 2 is 2.28 bits per heavy atom. The van der Waals surface area contributed by atoms with Crippen LogP contribution in [-0.2, 0) is 19.1 Å². The van der Waals surface area contributed by atoms with Crippen molar-refractivity contribution >= 4 is 12.3 Å². The Balaban J connectivity index is 2.54. The average Bonchev–Trinajstić information content (AvgIpc) is 2.43. The number of allylic oxidation sites excluding steroid dienone is 2. The Labute approximate surface area is 107 Å². The molecular weight excluding hydrogens is 234 g/mol. The first-order chi connectivity index (χ1) is 8.69. The van der Waals surface area contributed by atoms with Crippen LogP contribution in [0.5, 0.6) is 0 Å². The van der Waals surface area contributed by atoms with E-state index in [1.54, 1.807) is 6.08 Å². The number of hydrogen-bond donors (Lipinski definition) is 0. The fourth-order valence-corrected chi connectivity index (χ4v) is 1.72. The number of carbonyl (C=O) groups excluding carboxylic acids is 2. The van der Waals surface area contributed by atoms with Gasteiger partial charge in [-0.2, -0.15) is 0 Å². The maximum absolute atomic E-state index is 11.1. The predicted molar refractivity (Wildman–Crippen MR) is 66.9 cm³/mol. The van der Waals surface area contributed by atoms with Crippen molar-refractivity contribution in [2.24, 2.45) is 0 Å². The smallest absolute Gasteiger partial charge is 0.341 e. The van der Waals surface area contributed by atoms with Crippen molar-refractivity contribution in [1.29, 1.82) is 0 Å². The summed E-state index contributed by atoms with van der Waals surface area (Å²) < 4.78 is 9.86. The lowest BCUT2D eigenvalue weighted by molar-refractivity contribution is -0.136. The topological polar surface area (TPSA) is 55.8 Å². The number of esters is 1. The van der Waals surface area contributed by atoms with Crippen LogP contribution in [0.25, 0.3) is 0 Å². The van der Waals surface area contributed by atoms with Crippen LogP contribution in [0.2, 0.25) is 0 Å². The van der Waals surface area contributed by atoms with Crippen molar-refractivity contribution in [1.82, 2.24) is 4.90 Å². The summed E-state index contributed by atoms with van der Waals surface area (Å²) >= 11 is 0. The van der Waals surface area contributed by atoms with Gasteiger partial charge in [-0.1, -0.05) is 0 Å². The highest BCUT2D eigenvalue weighted by atomic mass is 16.5. The van der Waals surface area contributed by atoms with E-state index in [4.69, 9.17) is 4.74 Å². The average molecular weight is 253 g/mol. The molecule has 5 nitrogen and oxygen atoms in total. The zero-order valence-electron chi connectivity index (χ0n) is 10.8. The number of ether oxygens (including phenoxy) is 2. The third kappa shape index (κ3) is 4.33. The second kappa shape index (κ2) is 7.66. The lowest BCUT2D eigenvalue weighted by Gasteiger charge is -2.29. The first-order valence-corrected chi connectivity index (χ1v) is 5.90. The molecule has 0 saturated carbocycles. The minimum absolute atomic E-state index is 0.00189. The van der Waals surface area contributed by atoms with Crippen molar-refractivity contribution in [3.63, 3.8) is 0 Å². The Morgan fingerprint density at radius 3 is 2.83 bits per heavy atom. The van der Waals surface area contributed by atoms with Gasteiger partial charge in [0.25, 0.3) is 0 Å². The first-order valence-electron chi connectivity index (χ1n) is 5.90. The molecule has 1 atom stereocenters. The molecule has 1 aliphatic rings. The third-order valence-corrected chi connectivity index (χ3v) is 2.86. The van der Waals surface area contributed by atoms with E-state index in [0.717, 1.165) is 19.4 Å². The van der Waals surface area contributed by atoms with Crippen LogP contribution < -0.4 is 0 Å². The second-order valence-electron chi connectivity index (χ2n) is 4.11. The van der Waals surface area contributed by atoms with Gasteiger partial charge in [0.2, 0.25) is 0 Å². The Kier molecular flexibility index (Phi) is 6.14. The number of methoxy groups -OCH3 is 1. The summed E-state index contributed by atoms with van der Waals surface area (Å²) in [6.45, 7) is 1.54. The van der Waals surface area contributed by atoms with Gasteiger partial charge >= 0.3 is 5.97 Å². The molecule has 5 heteroatoms. The van der Waals surface area contributed by atoms with Crippen LogP contribution in [-0.4, -0.2) is 50.6 Å². The summed E-state index contributed by atoms with van der Waals surface area (Å²) in [5, 5.41) is 0. The van der Waals surface area contributed by atoms with Crippen LogP contribution in [0.3, 0.4) is 0 Å². The van der Waals surface area contributed by atoms with Gasteiger partial charge in [0.15, 0.2) is 6.29 Å². The van der Waals surface area contributed by atoms with E-state index in [2.05, 4.69) is 4.74 Å². The third-order valence-electron chi connectivity index (χ3n) is 2.86. The highest BCUT2D eigenvalue weighted by molar-refractivity contribution is 6.07. The summed E-state index contributed by atoms with van der Waals surface area (Å²) in [6, 6.07) is 0.348. The number of aldehydes is 1. The monoisotopic (exact) mass is 253 g/mol. The number of nitrogens with zero attached hydrogens (tertiary/aromatic N) is 1. The fraction of sp³-hybridized carbons (Fsp3) is 0.538. The van der Waals surface area contributed by atoms with Crippen molar-refractivity contribution in [3.8, 4) is 0 Å². The predicted octanol–water partition coefficient (Wildman–Crippen LogP) is 0.909. The molecule has 0 N–H and O–H groups in total. The maximum Gasteiger partial charge on any atom is 0.341 e. The van der Waals surface area contributed by atoms with Gasteiger partial charge in [-0.05, 0) is 31.2 Å². The van der Waals surface area contributed by atoms with E-state index in [9.17, 15) is 9.59 Å². The zero-order valence-corrected chi connectivity index (χ0v) is 10.8. The highest BCUT2D eigenvalue weighted by Gasteiger charge is 2.15. The van der Waals surface area contributed by atoms with Gasteiger partial charge < -0.3 is 14.4 Å². The number of carbonyl (C=O) groups is 2. The number of rotatable bonds is 5. The van der Waals surface area contributed by atoms with Gasteiger partial charge in [-0.25, -0.2) is 4.79 Å². The van der Waals surface area contributed by atoms with Crippen LogP contribution in [0, 0.1) is 0 Å². The molecule has 1 rings (SSSR count). The first kappa shape index (κ1) is 14.4. The summed E-state index contributed by atoms with van der Waals surface area (Å²) in [6.07, 6.45) is 7.56. The van der Waals surface area contributed by atoms with E-state index in [1.807, 2.05) is 18.1 Å². The zero-order chi connectivity index (χ0) is 13.4. The van der Waals surface area contributed by atoms with E-state index in [0.29, 0.717) is 18.9 Å². The second-order valence-corrected chi connectivity index (χ2v) is 4.11. The minimum atomic E-state index is -0.627. The number of likely N-dealkylation sites (N-methyl/N-ethyl adjacent to an activating group) is 1. The molecular formula is C13H19NO4. The van der Waals surface area contributed by atoms with Gasteiger partial charge in [-0.3, -0.25) is 4.79 Å². The van der Waals surface area contributed by atoms with Crippen LogP contribution in [0.15, 0.2) is 23.9 Å². The van der Waals surface area contributed by atoms with Crippen molar-refractivity contribution in [3.05, 3.63) is 23.9 Å². The van der Waals surface area contributed by atoms with Crippen LogP contribution in [0.4, 0.5) is 0 Å². The summed E-state index contributed by atoms with van der Waals surface area (Å²) in [5.41, 5.74) is 0.00189. The lowest BCUT2D eigenvalue weighted by atomic mass is 10.1. The summed E-state index contributed by atoms with van der Waals surface area (Å²) in [7, 11) is 3.19. The standard InChI is InChI=1S/C13H19NO4/c1-14(12-6-4-8-18-10-12)7-3-5-11(9-15)13(16)17-2/h3,5,7,9,12H,4,6,8,10H2,1-2H3/b7-3-,11-5+. The number of hydrogen-bond acceptors (Lipinski definition) is 5. The molecule has 0 aromatic carbocycles. The molecule has 1 fully saturated rings. The summed E-state index contributed by atoms with van der Waals surface area (Å²) in [4.78, 5) is 23.8. The molecule has 0 bridgehead atoms. The molecule has 0 aromatic rings. The van der Waals surface area contributed by atoms with E-state index in [1.165, 1.54) is 13.2 Å². The van der Waals surface area contributed by atoms with Gasteiger partial charge in [0.05, 0.1) is 25.3 Å². The van der Waals surface area contributed by atoms with Gasteiger partial charge in [0, 0.05) is 13.7 Å². The molecule has 1 unspecified atom stereocenters. The van der Waals surface area contributed by atoms with Crippen molar-refractivity contribution in [2.75, 3.05) is 27.4 Å². The normalized spacial score (nSPS) is 20.8. The van der Waals surface area contributed by atoms with Crippen molar-refractivity contribution < 1.29 is 19.1 Å². The highest BCUT2D eigenvalue weighted by Crippen LogP contribution is 2.12. The molecule has 0 aromatic heterocycles. The fourth-order valence-electron chi connectivity index (χ4n) is 1.72. The Morgan fingerprint density at radius 1 is 1.50 bits per heavy atom. The molecule has 0 radical (unpaired) electrons. The van der Waals surface area contributed by atoms with Gasteiger partial charge in [-0.15, -0.1) is 0 Å². The van der Waals surface area contributed by atoms with E-state index < -0.39 is 5.97 Å². The van der Waals surface area contributed by atoms with Gasteiger partial charge in [0.1, 0.15) is 0 Å². The van der Waals surface area contributed by atoms with E-state index in [-0.39, 0.29) is 5.57 Å². The Hall–Kier alpha value is -1.62.